The first-order chi connectivity index (χ1) is 28.6. The second kappa shape index (κ2) is 18.3. The van der Waals surface area contributed by atoms with Crippen LogP contribution in [0.5, 0.6) is 17.2 Å². The van der Waals surface area contributed by atoms with Gasteiger partial charge in [0.25, 0.3) is 0 Å². The van der Waals surface area contributed by atoms with Gasteiger partial charge in [0, 0.05) is 12.8 Å². The zero-order chi connectivity index (χ0) is 41.5. The third-order valence-electron chi connectivity index (χ3n) is 10.0. The SMILES string of the molecule is CC#CCOC(=O)N1Cc2cc3c(cc2C[C@H]1C(=O)N[C@@H](Cc1ccc(-c2ccc(C#N)cc2)cc1)C(=O)O)OCC(c1ccc(OCc2ccc(Cl)c(Cl)c2)cc1)O3. The number of carbonyl (C=O) groups is 3. The first-order valence-electron chi connectivity index (χ1n) is 18.7. The Hall–Kier alpha value is -6.66. The van der Waals surface area contributed by atoms with E-state index in [1.165, 1.54) is 4.90 Å². The molecule has 0 spiro atoms. The van der Waals surface area contributed by atoms with Crippen LogP contribution in [0.4, 0.5) is 4.79 Å². The number of nitrogens with one attached hydrogen (secondary N) is 1. The van der Waals surface area contributed by atoms with Crippen molar-refractivity contribution < 1.29 is 38.4 Å². The average molecular weight is 831 g/mol. The Morgan fingerprint density at radius 2 is 1.59 bits per heavy atom. The molecule has 0 bridgehead atoms. The van der Waals surface area contributed by atoms with Gasteiger partial charge in [-0.15, -0.1) is 5.92 Å². The topological polar surface area (TPSA) is 147 Å². The molecule has 59 heavy (non-hydrogen) atoms. The molecule has 0 saturated heterocycles. The minimum atomic E-state index is -1.28. The zero-order valence-corrected chi connectivity index (χ0v) is 33.3. The molecule has 0 aliphatic carbocycles. The van der Waals surface area contributed by atoms with Gasteiger partial charge in [0.15, 0.2) is 24.2 Å². The monoisotopic (exact) mass is 829 g/mol. The fraction of sp³-hybridized carbons (Fsp3) is 0.217. The highest BCUT2D eigenvalue weighted by Gasteiger charge is 2.38. The lowest BCUT2D eigenvalue weighted by Crippen LogP contribution is -2.56. The number of aliphatic carboxylic acids is 1. The molecule has 2 N–H and O–H groups in total. The summed E-state index contributed by atoms with van der Waals surface area (Å²) in [5, 5.41) is 22.9. The van der Waals surface area contributed by atoms with Crippen molar-refractivity contribution in [2.24, 2.45) is 0 Å². The minimum absolute atomic E-state index is 0.00288. The normalized spacial score (nSPS) is 15.7. The lowest BCUT2D eigenvalue weighted by Gasteiger charge is -2.36. The van der Waals surface area contributed by atoms with E-state index >= 15 is 0 Å². The molecular weight excluding hydrogens is 793 g/mol. The molecule has 13 heteroatoms. The first-order valence-corrected chi connectivity index (χ1v) is 19.4. The number of halogens is 2. The van der Waals surface area contributed by atoms with Crippen molar-refractivity contribution in [2.75, 3.05) is 13.2 Å². The van der Waals surface area contributed by atoms with Crippen molar-refractivity contribution in [3.63, 3.8) is 0 Å². The smallest absolute Gasteiger partial charge is 0.411 e. The van der Waals surface area contributed by atoms with E-state index in [0.29, 0.717) is 45.0 Å². The largest absolute Gasteiger partial charge is 0.489 e. The first kappa shape index (κ1) is 40.5. The Morgan fingerprint density at radius 3 is 2.27 bits per heavy atom. The highest BCUT2D eigenvalue weighted by molar-refractivity contribution is 6.42. The molecule has 0 saturated carbocycles. The van der Waals surface area contributed by atoms with Crippen LogP contribution in [0.3, 0.4) is 0 Å². The van der Waals surface area contributed by atoms with Gasteiger partial charge in [-0.05, 0) is 94.4 Å². The number of hydrogen-bond donors (Lipinski definition) is 2. The van der Waals surface area contributed by atoms with Crippen molar-refractivity contribution in [3.05, 3.63) is 147 Å². The van der Waals surface area contributed by atoms with Gasteiger partial charge in [-0.25, -0.2) is 9.59 Å². The number of amides is 2. The number of carbonyl (C=O) groups excluding carboxylic acids is 2. The molecule has 1 unspecified atom stereocenters. The van der Waals surface area contributed by atoms with Crippen LogP contribution in [0, 0.1) is 23.2 Å². The Bertz CT molecular complexity index is 2470. The van der Waals surface area contributed by atoms with E-state index < -0.39 is 36.2 Å². The van der Waals surface area contributed by atoms with Gasteiger partial charge in [-0.2, -0.15) is 5.26 Å². The third kappa shape index (κ3) is 9.73. The lowest BCUT2D eigenvalue weighted by atomic mass is 9.92. The van der Waals surface area contributed by atoms with Gasteiger partial charge < -0.3 is 29.4 Å². The molecule has 2 heterocycles. The van der Waals surface area contributed by atoms with Crippen molar-refractivity contribution in [1.29, 1.82) is 5.26 Å². The predicted molar refractivity (Wildman–Crippen MR) is 220 cm³/mol. The number of fused-ring (bicyclic) bond motifs is 2. The van der Waals surface area contributed by atoms with E-state index in [2.05, 4.69) is 23.2 Å². The lowest BCUT2D eigenvalue weighted by molar-refractivity contribution is -0.142. The summed E-state index contributed by atoms with van der Waals surface area (Å²) in [6.07, 6.45) is -1.12. The third-order valence-corrected chi connectivity index (χ3v) is 10.8. The van der Waals surface area contributed by atoms with Gasteiger partial charge >= 0.3 is 12.1 Å². The Labute approximate surface area is 351 Å². The van der Waals surface area contributed by atoms with Crippen LogP contribution in [0.25, 0.3) is 11.1 Å². The molecule has 2 amide bonds. The molecule has 2 aliphatic rings. The molecule has 0 aromatic heterocycles. The maximum absolute atomic E-state index is 14.0. The van der Waals surface area contributed by atoms with Crippen LogP contribution in [-0.2, 0) is 40.3 Å². The standard InChI is InChI=1S/C46H37Cl2N3O8/c1-2-3-18-56-46(55)51-25-35-23-42-41(58-27-43(59-42)33-13-15-36(16-14-33)57-26-30-8-17-37(47)38(48)19-30)22-34(35)21-40(51)44(52)50-39(45(53)54)20-28-4-9-31(10-5-28)32-11-6-29(24-49)7-12-32/h4-17,19,22-23,39-40,43H,18,20-21,25-27H2,1H3,(H,50,52)(H,53,54)/t39-,40-,43?/m0/s1. The van der Waals surface area contributed by atoms with Gasteiger partial charge in [-0.1, -0.05) is 83.7 Å². The highest BCUT2D eigenvalue weighted by Crippen LogP contribution is 2.41. The van der Waals surface area contributed by atoms with Crippen molar-refractivity contribution >= 4 is 41.2 Å². The zero-order valence-electron chi connectivity index (χ0n) is 31.7. The van der Waals surface area contributed by atoms with Crippen molar-refractivity contribution in [3.8, 4) is 46.3 Å². The quantitative estimate of drug-likeness (QED) is 0.126. The number of rotatable bonds is 11. The van der Waals surface area contributed by atoms with E-state index in [9.17, 15) is 19.5 Å². The van der Waals surface area contributed by atoms with Crippen LogP contribution < -0.4 is 19.5 Å². The number of carboxylic acid groups (broad SMARTS) is 1. The van der Waals surface area contributed by atoms with Crippen LogP contribution in [0.1, 0.15) is 46.4 Å². The van der Waals surface area contributed by atoms with Crippen LogP contribution in [0.15, 0.2) is 103 Å². The Balaban J connectivity index is 1.04. The maximum Gasteiger partial charge on any atom is 0.411 e. The number of nitriles is 1. The Morgan fingerprint density at radius 1 is 0.898 bits per heavy atom. The number of carboxylic acids is 1. The summed E-state index contributed by atoms with van der Waals surface area (Å²) in [4.78, 5) is 41.1. The molecule has 0 fully saturated rings. The summed E-state index contributed by atoms with van der Waals surface area (Å²) < 4.78 is 23.9. The fourth-order valence-corrected chi connectivity index (χ4v) is 7.16. The molecule has 3 atom stereocenters. The molecular formula is C46H37Cl2N3O8. The molecule has 5 aromatic rings. The summed E-state index contributed by atoms with van der Waals surface area (Å²) in [5.74, 6) is 5.13. The second-order valence-corrected chi connectivity index (χ2v) is 14.7. The minimum Gasteiger partial charge on any atom is -0.489 e. The Kier molecular flexibility index (Phi) is 12.6. The molecule has 2 aliphatic heterocycles. The van der Waals surface area contributed by atoms with Crippen LogP contribution in [0.2, 0.25) is 10.0 Å². The molecule has 5 aromatic carbocycles. The van der Waals surface area contributed by atoms with E-state index in [4.69, 9.17) is 47.4 Å². The van der Waals surface area contributed by atoms with E-state index in [1.807, 2.05) is 54.6 Å². The summed E-state index contributed by atoms with van der Waals surface area (Å²) in [7, 11) is 0. The summed E-state index contributed by atoms with van der Waals surface area (Å²) in [6, 6.07) is 30.6. The van der Waals surface area contributed by atoms with Crippen molar-refractivity contribution in [2.45, 2.75) is 51.1 Å². The van der Waals surface area contributed by atoms with Crippen LogP contribution >= 0.6 is 23.2 Å². The van der Waals surface area contributed by atoms with E-state index in [1.54, 1.807) is 55.5 Å². The second-order valence-electron chi connectivity index (χ2n) is 13.9. The summed E-state index contributed by atoms with van der Waals surface area (Å²) in [5.41, 5.74) is 6.24. The number of benzene rings is 5. The van der Waals surface area contributed by atoms with Gasteiger partial charge in [0.05, 0.1) is 28.2 Å². The van der Waals surface area contributed by atoms with Crippen LogP contribution in [-0.4, -0.2) is 53.3 Å². The molecule has 7 rings (SSSR count). The number of nitrogens with zero attached hydrogens (tertiary/aromatic N) is 2. The predicted octanol–water partition coefficient (Wildman–Crippen LogP) is 8.32. The molecule has 298 valence electrons. The molecule has 0 radical (unpaired) electrons. The maximum atomic E-state index is 14.0. The van der Waals surface area contributed by atoms with Gasteiger partial charge in [-0.3, -0.25) is 9.69 Å². The summed E-state index contributed by atoms with van der Waals surface area (Å²) >= 11 is 12.2. The number of ether oxygens (including phenoxy) is 4. The van der Waals surface area contributed by atoms with E-state index in [-0.39, 0.29) is 32.6 Å². The fourth-order valence-electron chi connectivity index (χ4n) is 6.84. The average Bonchev–Trinajstić information content (AvgIpc) is 3.25. The highest BCUT2D eigenvalue weighted by atomic mass is 35.5. The molecule has 11 nitrogen and oxygen atoms in total. The van der Waals surface area contributed by atoms with E-state index in [0.717, 1.165) is 33.4 Å². The van der Waals surface area contributed by atoms with Crippen molar-refractivity contribution in [1.82, 2.24) is 10.2 Å². The van der Waals surface area contributed by atoms with Gasteiger partial charge in [0.1, 0.15) is 31.0 Å². The summed E-state index contributed by atoms with van der Waals surface area (Å²) in [6.45, 7) is 1.98. The number of hydrogen-bond acceptors (Lipinski definition) is 8. The van der Waals surface area contributed by atoms with Gasteiger partial charge in [0.2, 0.25) is 5.91 Å².